The maximum Gasteiger partial charge on any atom is 0.472 e. The summed E-state index contributed by atoms with van der Waals surface area (Å²) < 4.78 is 70.8. The van der Waals surface area contributed by atoms with Crippen LogP contribution in [-0.2, 0) is 4.79 Å². The fourth-order valence-corrected chi connectivity index (χ4v) is 3.03. The second-order valence-electron chi connectivity index (χ2n) is 6.81. The molecule has 15 heteroatoms. The Morgan fingerprint density at radius 2 is 1.82 bits per heavy atom. The zero-order valence-electron chi connectivity index (χ0n) is 17.2. The van der Waals surface area contributed by atoms with Gasteiger partial charge in [0.2, 0.25) is 11.7 Å². The molecule has 0 saturated heterocycles. The van der Waals surface area contributed by atoms with Crippen LogP contribution in [0.25, 0.3) is 22.5 Å². The Labute approximate surface area is 192 Å². The van der Waals surface area contributed by atoms with Crippen LogP contribution >= 0.6 is 11.6 Å². The number of aromatic nitrogens is 3. The van der Waals surface area contributed by atoms with E-state index in [1.54, 1.807) is 0 Å². The van der Waals surface area contributed by atoms with Gasteiger partial charge in [0.15, 0.2) is 0 Å². The molecule has 0 bridgehead atoms. The fraction of sp³-hybridized carbons (Fsp3) is 0.211. The second-order valence-corrected chi connectivity index (χ2v) is 7.25. The summed E-state index contributed by atoms with van der Waals surface area (Å²) >= 11 is 5.95. The number of hydrazine groups is 1. The minimum absolute atomic E-state index is 0.00793. The van der Waals surface area contributed by atoms with Gasteiger partial charge in [-0.25, -0.2) is 19.0 Å². The Morgan fingerprint density at radius 3 is 2.41 bits per heavy atom. The third-order valence-corrected chi connectivity index (χ3v) is 4.51. The molecule has 2 aromatic heterocycles. The van der Waals surface area contributed by atoms with Crippen molar-refractivity contribution in [3.05, 3.63) is 52.6 Å². The molecule has 180 valence electrons. The van der Waals surface area contributed by atoms with Crippen molar-refractivity contribution in [2.75, 3.05) is 0 Å². The molecular weight excluding hydrogens is 491 g/mol. The third-order valence-electron chi connectivity index (χ3n) is 4.29. The molecule has 9 nitrogen and oxygen atoms in total. The van der Waals surface area contributed by atoms with E-state index in [0.717, 1.165) is 17.6 Å². The summed E-state index contributed by atoms with van der Waals surface area (Å²) in [4.78, 5) is 30.3. The zero-order valence-corrected chi connectivity index (χ0v) is 18.0. The number of carbonyl (C=O) groups excluding carboxylic acids is 2. The van der Waals surface area contributed by atoms with Crippen LogP contribution in [0.4, 0.5) is 26.7 Å². The van der Waals surface area contributed by atoms with Gasteiger partial charge < -0.3 is 9.84 Å². The van der Waals surface area contributed by atoms with E-state index < -0.39 is 35.8 Å². The van der Waals surface area contributed by atoms with E-state index in [1.807, 2.05) is 0 Å². The predicted molar refractivity (Wildman–Crippen MR) is 107 cm³/mol. The van der Waals surface area contributed by atoms with Crippen molar-refractivity contribution in [3.63, 3.8) is 0 Å². The first-order valence-corrected chi connectivity index (χ1v) is 9.63. The quantitative estimate of drug-likeness (QED) is 0.365. The number of carbonyl (C=O) groups is 2. The molecule has 2 heterocycles. The van der Waals surface area contributed by atoms with Gasteiger partial charge in [0, 0.05) is 23.7 Å². The van der Waals surface area contributed by atoms with Crippen LogP contribution < -0.4 is 16.2 Å². The van der Waals surface area contributed by atoms with Crippen LogP contribution in [-0.4, -0.2) is 33.2 Å². The van der Waals surface area contributed by atoms with Gasteiger partial charge in [-0.2, -0.15) is 18.2 Å². The second kappa shape index (κ2) is 9.59. The molecule has 1 atom stereocenters. The normalized spacial score (nSPS) is 12.2. The molecule has 1 aromatic carbocycles. The Kier molecular flexibility index (Phi) is 7.00. The molecule has 3 rings (SSSR count). The van der Waals surface area contributed by atoms with Gasteiger partial charge in [0.25, 0.3) is 0 Å². The smallest absolute Gasteiger partial charge is 0.339 e. The van der Waals surface area contributed by atoms with E-state index in [1.165, 1.54) is 31.5 Å². The highest BCUT2D eigenvalue weighted by Crippen LogP contribution is 2.36. The minimum Gasteiger partial charge on any atom is -0.339 e. The Hall–Kier alpha value is -3.81. The molecule has 0 fully saturated rings. The van der Waals surface area contributed by atoms with Crippen molar-refractivity contribution in [3.8, 4) is 22.5 Å². The molecule has 0 aliphatic rings. The average Bonchev–Trinajstić information content (AvgIpc) is 3.16. The van der Waals surface area contributed by atoms with E-state index in [-0.39, 0.29) is 39.1 Å². The highest BCUT2D eigenvalue weighted by atomic mass is 35.5. The first kappa shape index (κ1) is 24.8. The van der Waals surface area contributed by atoms with E-state index in [4.69, 9.17) is 16.1 Å². The topological polar surface area (TPSA) is 122 Å². The summed E-state index contributed by atoms with van der Waals surface area (Å²) in [6, 6.07) is 0.979. The van der Waals surface area contributed by atoms with Crippen LogP contribution in [0.5, 0.6) is 0 Å². The van der Waals surface area contributed by atoms with Crippen molar-refractivity contribution in [1.29, 1.82) is 0 Å². The molecule has 3 N–H and O–H groups in total. The number of amides is 3. The number of rotatable bonds is 4. The third kappa shape index (κ3) is 5.57. The van der Waals surface area contributed by atoms with E-state index in [0.29, 0.717) is 0 Å². The summed E-state index contributed by atoms with van der Waals surface area (Å²) in [6.45, 7) is 2.79. The lowest BCUT2D eigenvalue weighted by molar-refractivity contribution is -0.174. The maximum absolute atomic E-state index is 14.8. The number of hydrogen-bond donors (Lipinski definition) is 3. The van der Waals surface area contributed by atoms with Crippen molar-refractivity contribution in [2.24, 2.45) is 0 Å². The number of nitrogens with zero attached hydrogens (tertiary/aromatic N) is 3. The molecule has 3 amide bonds. The monoisotopic (exact) mass is 504 g/mol. The van der Waals surface area contributed by atoms with Crippen molar-refractivity contribution >= 4 is 23.5 Å². The molecule has 3 aromatic rings. The standard InChI is InChI=1S/C19H14ClF5N6O3/c1-7(27-18(33)30-29-17(32)19(23,24)25)15-13(22)3-9(6-26-15)11-4-10(20)5-12(21)14(11)16-28-8(2)34-31-16/h3-7H,1-2H3,(H,29,32)(H2,27,30,33)/t7-/m1/s1. The highest BCUT2D eigenvalue weighted by Gasteiger charge is 2.39. The van der Waals surface area contributed by atoms with Gasteiger partial charge >= 0.3 is 18.1 Å². The summed E-state index contributed by atoms with van der Waals surface area (Å²) in [6.07, 6.45) is -4.04. The largest absolute Gasteiger partial charge is 0.472 e. The van der Waals surface area contributed by atoms with Gasteiger partial charge in [-0.05, 0) is 30.7 Å². The summed E-state index contributed by atoms with van der Waals surface area (Å²) in [5.74, 6) is -4.05. The van der Waals surface area contributed by atoms with Gasteiger partial charge in [-0.1, -0.05) is 16.8 Å². The van der Waals surface area contributed by atoms with Crippen molar-refractivity contribution < 1.29 is 36.1 Å². The van der Waals surface area contributed by atoms with E-state index in [9.17, 15) is 31.5 Å². The van der Waals surface area contributed by atoms with E-state index in [2.05, 4.69) is 20.4 Å². The van der Waals surface area contributed by atoms with E-state index >= 15 is 0 Å². The fourth-order valence-electron chi connectivity index (χ4n) is 2.83. The number of alkyl halides is 3. The van der Waals surface area contributed by atoms with Crippen LogP contribution in [0.2, 0.25) is 5.02 Å². The molecule has 0 aliphatic carbocycles. The summed E-state index contributed by atoms with van der Waals surface area (Å²) in [7, 11) is 0. The van der Waals surface area contributed by atoms with Crippen LogP contribution in [0.15, 0.2) is 28.9 Å². The van der Waals surface area contributed by atoms with Crippen molar-refractivity contribution in [1.82, 2.24) is 31.3 Å². The Bertz CT molecular complexity index is 1250. The molecule has 34 heavy (non-hydrogen) atoms. The lowest BCUT2D eigenvalue weighted by Crippen LogP contribution is -2.51. The SMILES string of the molecule is Cc1nc(-c2c(F)cc(Cl)cc2-c2cnc([C@@H](C)NC(=O)NNC(=O)C(F)(F)F)c(F)c2)no1. The Balaban J connectivity index is 1.83. The molecule has 0 radical (unpaired) electrons. The number of benzene rings is 1. The zero-order chi connectivity index (χ0) is 25.2. The van der Waals surface area contributed by atoms with Crippen LogP contribution in [0, 0.1) is 18.6 Å². The number of hydrogen-bond acceptors (Lipinski definition) is 6. The average molecular weight is 505 g/mol. The molecule has 0 unspecified atom stereocenters. The predicted octanol–water partition coefficient (Wildman–Crippen LogP) is 3.99. The first-order chi connectivity index (χ1) is 15.9. The lowest BCUT2D eigenvalue weighted by Gasteiger charge is -2.16. The van der Waals surface area contributed by atoms with Gasteiger partial charge in [-0.15, -0.1) is 0 Å². The summed E-state index contributed by atoms with van der Waals surface area (Å²) in [5.41, 5.74) is 2.44. The van der Waals surface area contributed by atoms with Crippen LogP contribution in [0.3, 0.4) is 0 Å². The minimum atomic E-state index is -5.21. The molecule has 0 saturated carbocycles. The molecular formula is C19H14ClF5N6O3. The van der Waals surface area contributed by atoms with Gasteiger partial charge in [-0.3, -0.25) is 15.2 Å². The lowest BCUT2D eigenvalue weighted by atomic mass is 9.99. The number of nitrogens with one attached hydrogen (secondary N) is 3. The number of aryl methyl sites for hydroxylation is 1. The first-order valence-electron chi connectivity index (χ1n) is 9.26. The van der Waals surface area contributed by atoms with Gasteiger partial charge in [0.1, 0.15) is 11.6 Å². The molecule has 0 spiro atoms. The number of urea groups is 1. The van der Waals surface area contributed by atoms with Crippen molar-refractivity contribution in [2.45, 2.75) is 26.1 Å². The highest BCUT2D eigenvalue weighted by molar-refractivity contribution is 6.31. The Morgan fingerprint density at radius 1 is 1.12 bits per heavy atom. The molecule has 0 aliphatic heterocycles. The van der Waals surface area contributed by atoms with Gasteiger partial charge in [0.05, 0.1) is 17.3 Å². The number of halogens is 6. The van der Waals surface area contributed by atoms with Crippen LogP contribution in [0.1, 0.15) is 24.6 Å². The number of pyridine rings is 1. The summed E-state index contributed by atoms with van der Waals surface area (Å²) in [5, 5.41) is 5.79. The maximum atomic E-state index is 14.8.